The summed E-state index contributed by atoms with van der Waals surface area (Å²) in [6, 6.07) is 1.97. The van der Waals surface area contributed by atoms with Gasteiger partial charge in [0.2, 0.25) is 5.95 Å². The third-order valence-corrected chi connectivity index (χ3v) is 4.44. The van der Waals surface area contributed by atoms with Crippen LogP contribution in [0, 0.1) is 5.41 Å². The van der Waals surface area contributed by atoms with Crippen molar-refractivity contribution in [3.8, 4) is 11.4 Å². The number of aromatic amines is 1. The molecule has 0 amide bonds. The molecule has 0 aliphatic carbocycles. The first-order chi connectivity index (χ1) is 10.1. The molecule has 1 aliphatic heterocycles. The Bertz CT molecular complexity index is 627. The van der Waals surface area contributed by atoms with Gasteiger partial charge in [0.15, 0.2) is 5.82 Å². The van der Waals surface area contributed by atoms with Gasteiger partial charge >= 0.3 is 0 Å². The minimum atomic E-state index is 0.149. The third-order valence-electron chi connectivity index (χ3n) is 4.01. The zero-order chi connectivity index (χ0) is 14.9. The first kappa shape index (κ1) is 14.5. The number of anilines is 1. The molecule has 3 rings (SSSR count). The molecule has 0 bridgehead atoms. The van der Waals surface area contributed by atoms with Crippen LogP contribution in [-0.2, 0) is 0 Å². The van der Waals surface area contributed by atoms with E-state index in [0.29, 0.717) is 6.54 Å². The van der Waals surface area contributed by atoms with Gasteiger partial charge in [-0.2, -0.15) is 4.98 Å². The first-order valence-electron chi connectivity index (χ1n) is 7.08. The van der Waals surface area contributed by atoms with E-state index in [9.17, 15) is 0 Å². The molecule has 7 heteroatoms. The fraction of sp³-hybridized carbons (Fsp3) is 0.500. The minimum Gasteiger partial charge on any atom is -0.339 e. The normalized spacial score (nSPS) is 22.5. The molecular formula is C14H19BrN6. The van der Waals surface area contributed by atoms with Crippen LogP contribution in [0.1, 0.15) is 19.8 Å². The average Bonchev–Trinajstić information content (AvgIpc) is 2.97. The first-order valence-corrected chi connectivity index (χ1v) is 7.87. The molecule has 6 nitrogen and oxygen atoms in total. The van der Waals surface area contributed by atoms with Crippen molar-refractivity contribution in [2.45, 2.75) is 19.8 Å². The molecule has 1 atom stereocenters. The number of nitrogens with one attached hydrogen (secondary N) is 1. The summed E-state index contributed by atoms with van der Waals surface area (Å²) in [4.78, 5) is 11.0. The Morgan fingerprint density at radius 2 is 2.33 bits per heavy atom. The standard InChI is InChI=1S/C14H19BrN6/c1-14(8-16)3-2-4-21(9-14)13-18-12(19-20-13)10-5-11(15)7-17-6-10/h5-7H,2-4,8-9,16H2,1H3,(H,18,19,20). The van der Waals surface area contributed by atoms with Crippen molar-refractivity contribution in [3.05, 3.63) is 22.9 Å². The van der Waals surface area contributed by atoms with E-state index < -0.39 is 0 Å². The monoisotopic (exact) mass is 350 g/mol. The summed E-state index contributed by atoms with van der Waals surface area (Å²) in [5.41, 5.74) is 6.97. The lowest BCUT2D eigenvalue weighted by Gasteiger charge is -2.39. The van der Waals surface area contributed by atoms with Crippen LogP contribution in [-0.4, -0.2) is 39.8 Å². The highest BCUT2D eigenvalue weighted by Crippen LogP contribution is 2.30. The fourth-order valence-electron chi connectivity index (χ4n) is 2.72. The summed E-state index contributed by atoms with van der Waals surface area (Å²) in [7, 11) is 0. The molecule has 2 aromatic rings. The van der Waals surface area contributed by atoms with E-state index in [1.54, 1.807) is 12.4 Å². The molecule has 112 valence electrons. The lowest BCUT2D eigenvalue weighted by molar-refractivity contribution is 0.270. The summed E-state index contributed by atoms with van der Waals surface area (Å²) >= 11 is 3.42. The van der Waals surface area contributed by atoms with Crippen LogP contribution in [0.4, 0.5) is 5.95 Å². The lowest BCUT2D eigenvalue weighted by Crippen LogP contribution is -2.46. The van der Waals surface area contributed by atoms with Gasteiger partial charge in [-0.3, -0.25) is 10.1 Å². The Hall–Kier alpha value is -1.47. The fourth-order valence-corrected chi connectivity index (χ4v) is 3.08. The lowest BCUT2D eigenvalue weighted by atomic mass is 9.82. The van der Waals surface area contributed by atoms with Gasteiger partial charge < -0.3 is 10.6 Å². The molecule has 1 fully saturated rings. The SMILES string of the molecule is CC1(CN)CCCN(c2n[nH]c(-c3cncc(Br)c3)n2)C1. The van der Waals surface area contributed by atoms with E-state index in [-0.39, 0.29) is 5.41 Å². The van der Waals surface area contributed by atoms with Crippen molar-refractivity contribution >= 4 is 21.9 Å². The molecule has 1 unspecified atom stereocenters. The highest BCUT2D eigenvalue weighted by atomic mass is 79.9. The number of H-pyrrole nitrogens is 1. The molecule has 1 aliphatic rings. The van der Waals surface area contributed by atoms with Gasteiger partial charge in [-0.1, -0.05) is 6.92 Å². The quantitative estimate of drug-likeness (QED) is 0.886. The molecule has 0 spiro atoms. The van der Waals surface area contributed by atoms with Crippen LogP contribution in [0.2, 0.25) is 0 Å². The van der Waals surface area contributed by atoms with E-state index in [0.717, 1.165) is 47.7 Å². The van der Waals surface area contributed by atoms with Crippen molar-refractivity contribution in [1.82, 2.24) is 20.2 Å². The number of hydrogen-bond acceptors (Lipinski definition) is 5. The van der Waals surface area contributed by atoms with E-state index in [1.807, 2.05) is 6.07 Å². The number of nitrogens with zero attached hydrogens (tertiary/aromatic N) is 4. The zero-order valence-electron chi connectivity index (χ0n) is 12.0. The number of aromatic nitrogens is 4. The summed E-state index contributed by atoms with van der Waals surface area (Å²) in [5, 5.41) is 7.35. The zero-order valence-corrected chi connectivity index (χ0v) is 13.6. The van der Waals surface area contributed by atoms with Crippen LogP contribution in [0.3, 0.4) is 0 Å². The van der Waals surface area contributed by atoms with Crippen LogP contribution in [0.5, 0.6) is 0 Å². The Morgan fingerprint density at radius 1 is 1.48 bits per heavy atom. The van der Waals surface area contributed by atoms with Crippen molar-refractivity contribution < 1.29 is 0 Å². The number of pyridine rings is 1. The Kier molecular flexibility index (Phi) is 3.95. The van der Waals surface area contributed by atoms with Gasteiger partial charge in [0.25, 0.3) is 0 Å². The maximum Gasteiger partial charge on any atom is 0.245 e. The Morgan fingerprint density at radius 3 is 3.10 bits per heavy atom. The third kappa shape index (κ3) is 3.08. The second kappa shape index (κ2) is 5.73. The molecular weight excluding hydrogens is 332 g/mol. The number of rotatable bonds is 3. The molecule has 21 heavy (non-hydrogen) atoms. The number of piperidine rings is 1. The smallest absolute Gasteiger partial charge is 0.245 e. The number of hydrogen-bond donors (Lipinski definition) is 2. The second-order valence-corrected chi connectivity index (χ2v) is 6.83. The average molecular weight is 351 g/mol. The molecule has 0 radical (unpaired) electrons. The number of nitrogens with two attached hydrogens (primary N) is 1. The van der Waals surface area contributed by atoms with E-state index in [1.165, 1.54) is 0 Å². The van der Waals surface area contributed by atoms with Gasteiger partial charge in [-0.25, -0.2) is 0 Å². The Labute approximate surface area is 132 Å². The van der Waals surface area contributed by atoms with Gasteiger partial charge in [0.05, 0.1) is 0 Å². The van der Waals surface area contributed by atoms with Gasteiger partial charge in [-0.15, -0.1) is 5.10 Å². The molecule has 3 heterocycles. The van der Waals surface area contributed by atoms with Crippen molar-refractivity contribution in [2.75, 3.05) is 24.5 Å². The van der Waals surface area contributed by atoms with Gasteiger partial charge in [0, 0.05) is 35.5 Å². The number of halogens is 1. The van der Waals surface area contributed by atoms with Crippen molar-refractivity contribution in [1.29, 1.82) is 0 Å². The maximum atomic E-state index is 5.90. The highest BCUT2D eigenvalue weighted by Gasteiger charge is 2.31. The van der Waals surface area contributed by atoms with Gasteiger partial charge in [0.1, 0.15) is 0 Å². The van der Waals surface area contributed by atoms with Crippen molar-refractivity contribution in [3.63, 3.8) is 0 Å². The summed E-state index contributed by atoms with van der Waals surface area (Å²) in [6.07, 6.45) is 5.80. The summed E-state index contributed by atoms with van der Waals surface area (Å²) in [5.74, 6) is 1.48. The second-order valence-electron chi connectivity index (χ2n) is 5.92. The maximum absolute atomic E-state index is 5.90. The Balaban J connectivity index is 1.82. The predicted octanol–water partition coefficient (Wildman–Crippen LogP) is 2.19. The van der Waals surface area contributed by atoms with Crippen LogP contribution in [0.15, 0.2) is 22.9 Å². The van der Waals surface area contributed by atoms with Crippen LogP contribution in [0.25, 0.3) is 11.4 Å². The van der Waals surface area contributed by atoms with Crippen LogP contribution >= 0.6 is 15.9 Å². The molecule has 0 aromatic carbocycles. The minimum absolute atomic E-state index is 0.149. The topological polar surface area (TPSA) is 83.7 Å². The largest absolute Gasteiger partial charge is 0.339 e. The molecule has 1 saturated heterocycles. The summed E-state index contributed by atoms with van der Waals surface area (Å²) < 4.78 is 0.923. The van der Waals surface area contributed by atoms with E-state index in [4.69, 9.17) is 5.73 Å². The molecule has 2 aromatic heterocycles. The van der Waals surface area contributed by atoms with E-state index in [2.05, 4.69) is 47.9 Å². The van der Waals surface area contributed by atoms with Gasteiger partial charge in [-0.05, 0) is 46.8 Å². The predicted molar refractivity (Wildman–Crippen MR) is 85.9 cm³/mol. The highest BCUT2D eigenvalue weighted by molar-refractivity contribution is 9.10. The van der Waals surface area contributed by atoms with E-state index >= 15 is 0 Å². The van der Waals surface area contributed by atoms with Crippen molar-refractivity contribution in [2.24, 2.45) is 11.1 Å². The molecule has 3 N–H and O–H groups in total. The molecule has 0 saturated carbocycles. The van der Waals surface area contributed by atoms with Crippen LogP contribution < -0.4 is 10.6 Å². The summed E-state index contributed by atoms with van der Waals surface area (Å²) in [6.45, 7) is 4.79.